The van der Waals surface area contributed by atoms with Gasteiger partial charge in [-0.2, -0.15) is 5.10 Å². The van der Waals surface area contributed by atoms with Gasteiger partial charge in [0.25, 0.3) is 11.8 Å². The van der Waals surface area contributed by atoms with Gasteiger partial charge in [-0.3, -0.25) is 14.8 Å². The van der Waals surface area contributed by atoms with E-state index in [4.69, 9.17) is 5.21 Å². The number of halogens is 1. The van der Waals surface area contributed by atoms with Crippen LogP contribution >= 0.6 is 15.9 Å². The minimum absolute atomic E-state index is 0.352. The van der Waals surface area contributed by atoms with Crippen molar-refractivity contribution < 1.29 is 14.8 Å². The summed E-state index contributed by atoms with van der Waals surface area (Å²) in [6, 6.07) is 22.5. The first kappa shape index (κ1) is 21.2. The van der Waals surface area contributed by atoms with Gasteiger partial charge in [0, 0.05) is 16.1 Å². The maximum absolute atomic E-state index is 12.2. The van der Waals surface area contributed by atoms with Gasteiger partial charge in [0.2, 0.25) is 0 Å². The quantitative estimate of drug-likeness (QED) is 0.219. The topological polar surface area (TPSA) is 90.8 Å². The Labute approximate surface area is 182 Å². The van der Waals surface area contributed by atoms with Gasteiger partial charge in [0.05, 0.1) is 6.21 Å². The van der Waals surface area contributed by atoms with Crippen LogP contribution in [-0.2, 0) is 4.79 Å². The third-order valence-electron chi connectivity index (χ3n) is 4.17. The predicted octanol–water partition coefficient (Wildman–Crippen LogP) is 4.40. The lowest BCUT2D eigenvalue weighted by molar-refractivity contribution is -0.124. The van der Waals surface area contributed by atoms with E-state index in [-0.39, 0.29) is 5.91 Å². The molecule has 30 heavy (non-hydrogen) atoms. The minimum Gasteiger partial charge on any atom is -0.288 e. The average Bonchev–Trinajstić information content (AvgIpc) is 2.78. The molecule has 7 heteroatoms. The third kappa shape index (κ3) is 5.73. The van der Waals surface area contributed by atoms with E-state index in [0.717, 1.165) is 21.2 Å². The number of hydrazone groups is 1. The zero-order valence-corrected chi connectivity index (χ0v) is 17.3. The molecule has 3 aromatic carbocycles. The summed E-state index contributed by atoms with van der Waals surface area (Å²) in [5.41, 5.74) is 8.15. The van der Waals surface area contributed by atoms with Crippen molar-refractivity contribution in [3.63, 3.8) is 0 Å². The largest absolute Gasteiger partial charge is 0.288 e. The van der Waals surface area contributed by atoms with Crippen LogP contribution in [0.5, 0.6) is 0 Å². The number of nitrogens with zero attached hydrogens (tertiary/aromatic N) is 1. The van der Waals surface area contributed by atoms with Crippen molar-refractivity contribution in [2.24, 2.45) is 5.10 Å². The molecule has 3 rings (SSSR count). The van der Waals surface area contributed by atoms with Crippen molar-refractivity contribution in [3.8, 4) is 11.1 Å². The fraction of sp³-hybridized carbons (Fsp3) is 0. The zero-order chi connectivity index (χ0) is 21.3. The first-order chi connectivity index (χ1) is 14.6. The normalized spacial score (nSPS) is 11.0. The number of carbonyl (C=O) groups is 2. The first-order valence-electron chi connectivity index (χ1n) is 8.97. The van der Waals surface area contributed by atoms with E-state index < -0.39 is 5.91 Å². The van der Waals surface area contributed by atoms with Crippen molar-refractivity contribution in [1.82, 2.24) is 10.9 Å². The van der Waals surface area contributed by atoms with Crippen LogP contribution in [0.3, 0.4) is 0 Å². The fourth-order valence-corrected chi connectivity index (χ4v) is 3.27. The van der Waals surface area contributed by atoms with Crippen molar-refractivity contribution >= 4 is 40.0 Å². The van der Waals surface area contributed by atoms with Gasteiger partial charge in [-0.25, -0.2) is 10.9 Å². The highest BCUT2D eigenvalue weighted by Gasteiger charge is 2.05. The molecule has 0 bridgehead atoms. The summed E-state index contributed by atoms with van der Waals surface area (Å²) in [6.07, 6.45) is 4.27. The Kier molecular flexibility index (Phi) is 7.26. The van der Waals surface area contributed by atoms with E-state index >= 15 is 0 Å². The zero-order valence-electron chi connectivity index (χ0n) is 15.7. The average molecular weight is 464 g/mol. The van der Waals surface area contributed by atoms with Crippen LogP contribution in [-0.4, -0.2) is 23.2 Å². The number of hydroxylamine groups is 1. The predicted molar refractivity (Wildman–Crippen MR) is 120 cm³/mol. The summed E-state index contributed by atoms with van der Waals surface area (Å²) in [6.45, 7) is 0. The molecular formula is C23H18BrN3O3. The summed E-state index contributed by atoms with van der Waals surface area (Å²) in [5.74, 6) is -0.982. The van der Waals surface area contributed by atoms with Gasteiger partial charge in [0.1, 0.15) is 0 Å². The Balaban J connectivity index is 1.61. The van der Waals surface area contributed by atoms with Crippen molar-refractivity contribution in [2.75, 3.05) is 0 Å². The molecule has 0 heterocycles. The molecule has 0 fully saturated rings. The van der Waals surface area contributed by atoms with E-state index in [0.29, 0.717) is 11.1 Å². The van der Waals surface area contributed by atoms with E-state index in [1.165, 1.54) is 17.6 Å². The number of hydrogen-bond acceptors (Lipinski definition) is 4. The fourth-order valence-electron chi connectivity index (χ4n) is 2.65. The Hall–Kier alpha value is -3.55. The van der Waals surface area contributed by atoms with Crippen LogP contribution < -0.4 is 10.9 Å². The van der Waals surface area contributed by atoms with E-state index in [2.05, 4.69) is 26.5 Å². The summed E-state index contributed by atoms with van der Waals surface area (Å²) in [5, 5.41) is 12.5. The number of rotatable bonds is 6. The molecule has 0 aliphatic rings. The van der Waals surface area contributed by atoms with Crippen LogP contribution in [0.1, 0.15) is 21.5 Å². The Morgan fingerprint density at radius 2 is 1.63 bits per heavy atom. The van der Waals surface area contributed by atoms with Gasteiger partial charge in [-0.05, 0) is 46.5 Å². The molecule has 3 N–H and O–H groups in total. The van der Waals surface area contributed by atoms with Gasteiger partial charge < -0.3 is 0 Å². The van der Waals surface area contributed by atoms with Crippen LogP contribution in [0.15, 0.2) is 88.4 Å². The molecule has 0 radical (unpaired) electrons. The molecule has 0 aliphatic heterocycles. The number of hydrogen-bond donors (Lipinski definition) is 3. The Morgan fingerprint density at radius 1 is 0.933 bits per heavy atom. The third-order valence-corrected chi connectivity index (χ3v) is 4.82. The minimum atomic E-state index is -0.630. The summed E-state index contributed by atoms with van der Waals surface area (Å²) in [7, 11) is 0. The molecule has 0 unspecified atom stereocenters. The molecule has 0 saturated carbocycles. The smallest absolute Gasteiger partial charge is 0.271 e. The summed E-state index contributed by atoms with van der Waals surface area (Å²) in [4.78, 5) is 23.2. The lowest BCUT2D eigenvalue weighted by Crippen LogP contribution is -2.17. The van der Waals surface area contributed by atoms with Crippen molar-refractivity contribution in [2.45, 2.75) is 0 Å². The van der Waals surface area contributed by atoms with Crippen molar-refractivity contribution in [1.29, 1.82) is 0 Å². The highest BCUT2D eigenvalue weighted by molar-refractivity contribution is 9.10. The molecule has 0 spiro atoms. The van der Waals surface area contributed by atoms with E-state index in [1.54, 1.807) is 30.5 Å². The molecule has 3 aromatic rings. The van der Waals surface area contributed by atoms with Gasteiger partial charge in [-0.1, -0.05) is 70.5 Å². The highest BCUT2D eigenvalue weighted by atomic mass is 79.9. The Bertz CT molecular complexity index is 1090. The van der Waals surface area contributed by atoms with Crippen molar-refractivity contribution in [3.05, 3.63) is 100 Å². The van der Waals surface area contributed by atoms with E-state index in [1.807, 2.05) is 48.5 Å². The lowest BCUT2D eigenvalue weighted by atomic mass is 10.0. The maximum atomic E-state index is 12.2. The number of benzene rings is 3. The standard InChI is InChI=1S/C23H18BrN3O3/c24-21-14-17(8-12-20(21)18-4-2-1-3-5-18)15-25-26-23(29)19-10-6-16(7-11-19)9-13-22(28)27-30/h1-15,30H,(H,26,29)(H,27,28)/b13-9+,25-15+. The molecular weight excluding hydrogens is 446 g/mol. The second kappa shape index (κ2) is 10.3. The van der Waals surface area contributed by atoms with Crippen LogP contribution in [0.4, 0.5) is 0 Å². The van der Waals surface area contributed by atoms with Gasteiger partial charge in [-0.15, -0.1) is 0 Å². The second-order valence-electron chi connectivity index (χ2n) is 6.24. The monoisotopic (exact) mass is 463 g/mol. The van der Waals surface area contributed by atoms with Gasteiger partial charge >= 0.3 is 0 Å². The number of nitrogens with one attached hydrogen (secondary N) is 2. The highest BCUT2D eigenvalue weighted by Crippen LogP contribution is 2.28. The first-order valence-corrected chi connectivity index (χ1v) is 9.77. The number of amides is 2. The number of carbonyl (C=O) groups excluding carboxylic acids is 2. The maximum Gasteiger partial charge on any atom is 0.271 e. The van der Waals surface area contributed by atoms with E-state index in [9.17, 15) is 9.59 Å². The molecule has 0 atom stereocenters. The summed E-state index contributed by atoms with van der Waals surface area (Å²) >= 11 is 3.58. The lowest BCUT2D eigenvalue weighted by Gasteiger charge is -2.05. The summed E-state index contributed by atoms with van der Waals surface area (Å²) < 4.78 is 0.933. The molecule has 2 amide bonds. The van der Waals surface area contributed by atoms with Crippen LogP contribution in [0.25, 0.3) is 17.2 Å². The molecule has 6 nitrogen and oxygen atoms in total. The molecule has 150 valence electrons. The molecule has 0 saturated heterocycles. The Morgan fingerprint density at radius 3 is 2.30 bits per heavy atom. The van der Waals surface area contributed by atoms with Crippen LogP contribution in [0, 0.1) is 0 Å². The molecule has 0 aromatic heterocycles. The molecule has 0 aliphatic carbocycles. The SMILES string of the molecule is O=C(/C=C/c1ccc(C(=O)N/N=C/c2ccc(-c3ccccc3)c(Br)c2)cc1)NO. The van der Waals surface area contributed by atoms with Gasteiger partial charge in [0.15, 0.2) is 0 Å². The second-order valence-corrected chi connectivity index (χ2v) is 7.09. The van der Waals surface area contributed by atoms with Crippen LogP contribution in [0.2, 0.25) is 0 Å².